The maximum absolute atomic E-state index is 12.7. The number of anilines is 1. The zero-order valence-corrected chi connectivity index (χ0v) is 21.5. The molecule has 0 spiro atoms. The van der Waals surface area contributed by atoms with Crippen molar-refractivity contribution in [3.8, 4) is 0 Å². The molecule has 2 N–H and O–H groups in total. The van der Waals surface area contributed by atoms with Crippen LogP contribution in [0.5, 0.6) is 0 Å². The van der Waals surface area contributed by atoms with E-state index in [4.69, 9.17) is 11.6 Å². The Hall–Kier alpha value is -2.37. The van der Waals surface area contributed by atoms with Crippen molar-refractivity contribution in [2.24, 2.45) is 0 Å². The van der Waals surface area contributed by atoms with Crippen molar-refractivity contribution in [2.45, 2.75) is 64.2 Å². The Morgan fingerprint density at radius 1 is 1.09 bits per heavy atom. The van der Waals surface area contributed by atoms with Gasteiger partial charge in [0.25, 0.3) is 0 Å². The second-order valence-corrected chi connectivity index (χ2v) is 10.2. The van der Waals surface area contributed by atoms with Crippen LogP contribution in [-0.4, -0.2) is 42.9 Å². The van der Waals surface area contributed by atoms with Crippen LogP contribution in [0.25, 0.3) is 0 Å². The van der Waals surface area contributed by atoms with Crippen molar-refractivity contribution in [2.75, 3.05) is 31.5 Å². The molecule has 1 heterocycles. The second-order valence-electron chi connectivity index (χ2n) is 9.78. The average molecular weight is 484 g/mol. The van der Waals surface area contributed by atoms with Crippen molar-refractivity contribution in [1.29, 1.82) is 0 Å². The Balaban J connectivity index is 1.39. The van der Waals surface area contributed by atoms with Crippen LogP contribution in [0.2, 0.25) is 5.02 Å². The van der Waals surface area contributed by atoms with Gasteiger partial charge in [-0.2, -0.15) is 0 Å². The Labute approximate surface area is 209 Å². The summed E-state index contributed by atoms with van der Waals surface area (Å²) < 4.78 is 0. The van der Waals surface area contributed by atoms with Gasteiger partial charge in [-0.1, -0.05) is 42.8 Å². The smallest absolute Gasteiger partial charge is 0.230 e. The average Bonchev–Trinajstić information content (AvgIpc) is 2.82. The topological polar surface area (TPSA) is 61.4 Å². The third kappa shape index (κ3) is 7.31. The fourth-order valence-electron chi connectivity index (χ4n) is 4.53. The molecule has 5 nitrogen and oxygen atoms in total. The number of carbonyl (C=O) groups excluding carboxylic acids is 2. The molecule has 2 aromatic rings. The third-order valence-corrected chi connectivity index (χ3v) is 7.03. The summed E-state index contributed by atoms with van der Waals surface area (Å²) in [4.78, 5) is 27.1. The predicted molar refractivity (Wildman–Crippen MR) is 140 cm³/mol. The number of hydrogen-bond acceptors (Lipinski definition) is 3. The van der Waals surface area contributed by atoms with E-state index >= 15 is 0 Å². The molecule has 0 bridgehead atoms. The van der Waals surface area contributed by atoms with Crippen LogP contribution in [0.15, 0.2) is 48.5 Å². The number of piperidine rings is 1. The highest BCUT2D eigenvalue weighted by Gasteiger charge is 2.29. The number of rotatable bonds is 10. The minimum atomic E-state index is -0.590. The molecule has 1 saturated heterocycles. The van der Waals surface area contributed by atoms with E-state index in [2.05, 4.69) is 27.7 Å². The van der Waals surface area contributed by atoms with E-state index in [0.717, 1.165) is 56.6 Å². The maximum atomic E-state index is 12.7. The molecule has 1 fully saturated rings. The van der Waals surface area contributed by atoms with E-state index in [0.29, 0.717) is 23.9 Å². The molecule has 6 heteroatoms. The lowest BCUT2D eigenvalue weighted by molar-refractivity contribution is -0.125. The van der Waals surface area contributed by atoms with E-state index in [9.17, 15) is 9.59 Å². The van der Waals surface area contributed by atoms with Crippen molar-refractivity contribution in [3.05, 3.63) is 64.7 Å². The highest BCUT2D eigenvalue weighted by Crippen LogP contribution is 2.30. The number of nitrogens with one attached hydrogen (secondary N) is 2. The van der Waals surface area contributed by atoms with Crippen LogP contribution in [-0.2, 0) is 15.0 Å². The molecule has 0 aliphatic carbocycles. The Morgan fingerprint density at radius 3 is 2.47 bits per heavy atom. The molecule has 3 rings (SSSR count). The molecule has 0 saturated carbocycles. The van der Waals surface area contributed by atoms with E-state index in [1.165, 1.54) is 5.56 Å². The number of benzene rings is 2. The van der Waals surface area contributed by atoms with E-state index in [1.54, 1.807) is 0 Å². The number of nitrogens with zero attached hydrogens (tertiary/aromatic N) is 1. The van der Waals surface area contributed by atoms with Crippen LogP contribution < -0.4 is 10.6 Å². The van der Waals surface area contributed by atoms with Gasteiger partial charge in [0.1, 0.15) is 0 Å². The lowest BCUT2D eigenvalue weighted by Crippen LogP contribution is -2.41. The van der Waals surface area contributed by atoms with Gasteiger partial charge in [-0.25, -0.2) is 0 Å². The Bertz CT molecular complexity index is 950. The molecule has 1 aliphatic heterocycles. The van der Waals surface area contributed by atoms with Gasteiger partial charge < -0.3 is 15.5 Å². The van der Waals surface area contributed by atoms with Gasteiger partial charge in [-0.15, -0.1) is 0 Å². The first-order valence-corrected chi connectivity index (χ1v) is 12.8. The van der Waals surface area contributed by atoms with Gasteiger partial charge in [-0.05, 0) is 100 Å². The highest BCUT2D eigenvalue weighted by atomic mass is 35.5. The normalized spacial score (nSPS) is 15.2. The molecule has 0 radical (unpaired) electrons. The summed E-state index contributed by atoms with van der Waals surface area (Å²) in [5, 5.41) is 6.79. The van der Waals surface area contributed by atoms with E-state index < -0.39 is 5.41 Å². The molecule has 2 amide bonds. The number of carbonyl (C=O) groups is 2. The number of amides is 2. The molecule has 0 atom stereocenters. The molecular formula is C28H38ClN3O2. The number of halogens is 1. The molecule has 184 valence electrons. The lowest BCUT2D eigenvalue weighted by Gasteiger charge is -2.32. The van der Waals surface area contributed by atoms with Gasteiger partial charge in [0.05, 0.1) is 5.41 Å². The SMILES string of the molecule is CCCC(=O)Nc1cccc(C2CCN(CCCNC(=O)C(C)(C)c3ccc(Cl)cc3)CC2)c1. The molecular weight excluding hydrogens is 446 g/mol. The van der Waals surface area contributed by atoms with Crippen molar-refractivity contribution < 1.29 is 9.59 Å². The fraction of sp³-hybridized carbons (Fsp3) is 0.500. The first-order chi connectivity index (χ1) is 16.3. The van der Waals surface area contributed by atoms with Crippen molar-refractivity contribution in [3.63, 3.8) is 0 Å². The van der Waals surface area contributed by atoms with Crippen LogP contribution in [0.1, 0.15) is 69.9 Å². The molecule has 0 aromatic heterocycles. The quantitative estimate of drug-likeness (QED) is 0.423. The summed E-state index contributed by atoms with van der Waals surface area (Å²) in [6.45, 7) is 9.68. The van der Waals surface area contributed by atoms with Gasteiger partial charge in [-0.3, -0.25) is 9.59 Å². The molecule has 1 aliphatic rings. The summed E-state index contributed by atoms with van der Waals surface area (Å²) >= 11 is 5.98. The summed E-state index contributed by atoms with van der Waals surface area (Å²) in [6.07, 6.45) is 4.58. The first kappa shape index (κ1) is 26.2. The zero-order chi connectivity index (χ0) is 24.6. The number of hydrogen-bond donors (Lipinski definition) is 2. The Kier molecular flexibility index (Phi) is 9.54. The van der Waals surface area contributed by atoms with Gasteiger partial charge in [0.15, 0.2) is 0 Å². The monoisotopic (exact) mass is 483 g/mol. The minimum absolute atomic E-state index is 0.0411. The van der Waals surface area contributed by atoms with Crippen molar-refractivity contribution >= 4 is 29.1 Å². The molecule has 34 heavy (non-hydrogen) atoms. The summed E-state index contributed by atoms with van der Waals surface area (Å²) in [5.74, 6) is 0.650. The molecule has 2 aromatic carbocycles. The predicted octanol–water partition coefficient (Wildman–Crippen LogP) is 5.74. The van der Waals surface area contributed by atoms with Crippen LogP contribution in [0, 0.1) is 0 Å². The van der Waals surface area contributed by atoms with Crippen LogP contribution in [0.3, 0.4) is 0 Å². The van der Waals surface area contributed by atoms with Crippen LogP contribution in [0.4, 0.5) is 5.69 Å². The summed E-state index contributed by atoms with van der Waals surface area (Å²) in [7, 11) is 0. The van der Waals surface area contributed by atoms with Crippen LogP contribution >= 0.6 is 11.6 Å². The minimum Gasteiger partial charge on any atom is -0.355 e. The van der Waals surface area contributed by atoms with E-state index in [-0.39, 0.29) is 11.8 Å². The summed E-state index contributed by atoms with van der Waals surface area (Å²) in [6, 6.07) is 15.8. The highest BCUT2D eigenvalue weighted by molar-refractivity contribution is 6.30. The van der Waals surface area contributed by atoms with Gasteiger partial charge in [0.2, 0.25) is 11.8 Å². The zero-order valence-electron chi connectivity index (χ0n) is 20.7. The lowest BCUT2D eigenvalue weighted by atomic mass is 9.84. The number of likely N-dealkylation sites (tertiary alicyclic amines) is 1. The largest absolute Gasteiger partial charge is 0.355 e. The standard InChI is InChI=1S/C28H38ClN3O2/c1-4-7-26(33)31-25-9-5-8-22(20-25)21-14-18-32(19-15-21)17-6-16-30-27(34)28(2,3)23-10-12-24(29)13-11-23/h5,8-13,20-21H,4,6-7,14-19H2,1-3H3,(H,30,34)(H,31,33). The van der Waals surface area contributed by atoms with E-state index in [1.807, 2.05) is 57.2 Å². The van der Waals surface area contributed by atoms with Gasteiger partial charge >= 0.3 is 0 Å². The maximum Gasteiger partial charge on any atom is 0.230 e. The first-order valence-electron chi connectivity index (χ1n) is 12.5. The fourth-order valence-corrected chi connectivity index (χ4v) is 4.66. The van der Waals surface area contributed by atoms with Gasteiger partial charge in [0, 0.05) is 23.7 Å². The Morgan fingerprint density at radius 2 is 1.79 bits per heavy atom. The summed E-state index contributed by atoms with van der Waals surface area (Å²) in [5.41, 5.74) is 2.58. The third-order valence-electron chi connectivity index (χ3n) is 6.78. The molecule has 0 unspecified atom stereocenters. The van der Waals surface area contributed by atoms with Crippen molar-refractivity contribution in [1.82, 2.24) is 10.2 Å². The second kappa shape index (κ2) is 12.4.